The zero-order chi connectivity index (χ0) is 6.57. The van der Waals surface area contributed by atoms with Crippen molar-refractivity contribution in [1.82, 2.24) is 4.90 Å². The van der Waals surface area contributed by atoms with Crippen LogP contribution in [0.25, 0.3) is 0 Å². The van der Waals surface area contributed by atoms with Gasteiger partial charge in [-0.2, -0.15) is 0 Å². The summed E-state index contributed by atoms with van der Waals surface area (Å²) >= 11 is 0. The molecule has 0 aromatic heterocycles. The van der Waals surface area contributed by atoms with Gasteiger partial charge in [-0.3, -0.25) is 5.41 Å². The summed E-state index contributed by atoms with van der Waals surface area (Å²) in [5.74, 6) is -0.117. The first kappa shape index (κ1) is 11.4. The maximum Gasteiger partial charge on any atom is 0.185 e. The summed E-state index contributed by atoms with van der Waals surface area (Å²) in [6, 6.07) is 0. The predicted molar refractivity (Wildman–Crippen MR) is 30.2 cm³/mol. The molecule has 0 bridgehead atoms. The second-order valence-corrected chi connectivity index (χ2v) is 1.39. The van der Waals surface area contributed by atoms with E-state index in [1.165, 1.54) is 4.90 Å². The second kappa shape index (κ2) is 5.76. The van der Waals surface area contributed by atoms with Crippen molar-refractivity contribution >= 4 is 12.2 Å². The van der Waals surface area contributed by atoms with Gasteiger partial charge in [-0.15, -0.1) is 0 Å². The summed E-state index contributed by atoms with van der Waals surface area (Å²) < 4.78 is 0. The van der Waals surface area contributed by atoms with Gasteiger partial charge in [0.05, 0.1) is 0 Å². The van der Waals surface area contributed by atoms with Crippen LogP contribution in [0.3, 0.4) is 0 Å². The number of hydrogen-bond donors (Lipinski definition) is 2. The number of hydrogen-bond acceptors (Lipinski definition) is 2. The summed E-state index contributed by atoms with van der Waals surface area (Å²) in [7, 11) is 1.55. The fraction of sp³-hybridized carbons (Fsp3) is 0.500. The third-order valence-electron chi connectivity index (χ3n) is 0.713. The average Bonchev–Trinajstić information content (AvgIpc) is 1.67. The molecule has 0 aromatic carbocycles. The normalized spacial score (nSPS) is 7.22. The standard InChI is InChI=1S/C4H8N3O.Mo/c1-7(2-3-8)4(5)6;/h2H2,1H3,(H3,5,6);/q-1;. The first-order valence-electron chi connectivity index (χ1n) is 2.08. The molecular weight excluding hydrogens is 202 g/mol. The molecule has 0 aliphatic heterocycles. The number of nitrogens with zero attached hydrogens (tertiary/aromatic N) is 1. The van der Waals surface area contributed by atoms with E-state index < -0.39 is 0 Å². The van der Waals surface area contributed by atoms with Crippen LogP contribution in [0.15, 0.2) is 0 Å². The molecule has 0 heterocycles. The van der Waals surface area contributed by atoms with Crippen molar-refractivity contribution in [1.29, 1.82) is 5.41 Å². The molecule has 52 valence electrons. The zero-order valence-electron chi connectivity index (χ0n) is 5.05. The van der Waals surface area contributed by atoms with Gasteiger partial charge >= 0.3 is 0 Å². The van der Waals surface area contributed by atoms with Crippen LogP contribution in [-0.4, -0.2) is 30.7 Å². The molecule has 0 atom stereocenters. The Morgan fingerprint density at radius 1 is 1.89 bits per heavy atom. The van der Waals surface area contributed by atoms with Gasteiger partial charge in [-0.1, -0.05) is 6.54 Å². The molecule has 0 aliphatic carbocycles. The molecule has 3 N–H and O–H groups in total. The van der Waals surface area contributed by atoms with E-state index in [0.717, 1.165) is 0 Å². The monoisotopic (exact) mass is 212 g/mol. The summed E-state index contributed by atoms with van der Waals surface area (Å²) in [6.45, 7) is 0.0648. The first-order chi connectivity index (χ1) is 3.68. The number of likely N-dealkylation sites (N-methyl/N-ethyl adjacent to an activating group) is 1. The van der Waals surface area contributed by atoms with Gasteiger partial charge in [-0.25, -0.2) is 6.29 Å². The van der Waals surface area contributed by atoms with E-state index in [2.05, 4.69) is 0 Å². The predicted octanol–water partition coefficient (Wildman–Crippen LogP) is -1.08. The van der Waals surface area contributed by atoms with Crippen LogP contribution in [0.5, 0.6) is 0 Å². The van der Waals surface area contributed by atoms with Crippen molar-refractivity contribution in [2.24, 2.45) is 5.73 Å². The van der Waals surface area contributed by atoms with Crippen LogP contribution in [0.4, 0.5) is 0 Å². The molecule has 0 fully saturated rings. The number of carbonyl (C=O) groups excluding carboxylic acids is 1. The molecule has 0 saturated heterocycles. The van der Waals surface area contributed by atoms with Gasteiger partial charge in [0, 0.05) is 28.1 Å². The van der Waals surface area contributed by atoms with Crippen molar-refractivity contribution in [2.45, 2.75) is 0 Å². The topological polar surface area (TPSA) is 70.2 Å². The Kier molecular flexibility index (Phi) is 7.31. The Hall–Kier alpha value is -0.372. The number of nitrogens with two attached hydrogens (primary N) is 1. The molecule has 0 spiro atoms. The van der Waals surface area contributed by atoms with Gasteiger partial charge in [0.25, 0.3) is 0 Å². The minimum Gasteiger partial charge on any atom is -0.540 e. The van der Waals surface area contributed by atoms with Crippen LogP contribution in [0, 0.1) is 5.41 Å². The van der Waals surface area contributed by atoms with Gasteiger partial charge in [0.15, 0.2) is 5.96 Å². The fourth-order valence-corrected chi connectivity index (χ4v) is 0.182. The largest absolute Gasteiger partial charge is 0.540 e. The Morgan fingerprint density at radius 2 is 2.33 bits per heavy atom. The molecule has 0 saturated carbocycles. The summed E-state index contributed by atoms with van der Waals surface area (Å²) in [4.78, 5) is 10.9. The van der Waals surface area contributed by atoms with Crippen LogP contribution < -0.4 is 5.73 Å². The molecule has 9 heavy (non-hydrogen) atoms. The number of rotatable bonds is 2. The second-order valence-electron chi connectivity index (χ2n) is 1.39. The molecule has 0 radical (unpaired) electrons. The van der Waals surface area contributed by atoms with E-state index in [0.29, 0.717) is 0 Å². The molecule has 0 aromatic rings. The zero-order valence-corrected chi connectivity index (χ0v) is 7.06. The quantitative estimate of drug-likeness (QED) is 0.263. The van der Waals surface area contributed by atoms with Gasteiger partial charge in [-0.05, 0) is 0 Å². The van der Waals surface area contributed by atoms with Gasteiger partial charge in [0.1, 0.15) is 0 Å². The summed E-state index contributed by atoms with van der Waals surface area (Å²) in [5.41, 5.74) is 4.95. The maximum atomic E-state index is 9.60. The summed E-state index contributed by atoms with van der Waals surface area (Å²) in [5, 5.41) is 6.73. The van der Waals surface area contributed by atoms with Crippen molar-refractivity contribution in [3.8, 4) is 0 Å². The molecule has 4 nitrogen and oxygen atoms in total. The third kappa shape index (κ3) is 5.50. The summed E-state index contributed by atoms with van der Waals surface area (Å²) in [6.07, 6.45) is 1.60. The fourth-order valence-electron chi connectivity index (χ4n) is 0.182. The van der Waals surface area contributed by atoms with Crippen molar-refractivity contribution in [3.05, 3.63) is 0 Å². The Morgan fingerprint density at radius 3 is 2.44 bits per heavy atom. The van der Waals surface area contributed by atoms with Gasteiger partial charge < -0.3 is 15.4 Å². The van der Waals surface area contributed by atoms with Crippen LogP contribution in [0.1, 0.15) is 0 Å². The molecule has 0 aliphatic rings. The maximum absolute atomic E-state index is 9.60. The smallest absolute Gasteiger partial charge is 0.185 e. The Balaban J connectivity index is 0. The van der Waals surface area contributed by atoms with E-state index >= 15 is 0 Å². The van der Waals surface area contributed by atoms with E-state index in [1.807, 2.05) is 0 Å². The Bertz CT molecular complexity index is 106. The van der Waals surface area contributed by atoms with Gasteiger partial charge in [0.2, 0.25) is 0 Å². The van der Waals surface area contributed by atoms with Crippen molar-refractivity contribution in [2.75, 3.05) is 13.6 Å². The number of nitrogens with one attached hydrogen (secondary N) is 1. The Labute approximate surface area is 68.2 Å². The molecule has 5 heteroatoms. The first-order valence-corrected chi connectivity index (χ1v) is 2.08. The van der Waals surface area contributed by atoms with Crippen LogP contribution in [0.2, 0.25) is 0 Å². The molecule has 0 rings (SSSR count). The SMILES string of the molecule is CN(C[C-]=O)C(=N)N.[Mo]. The average molecular weight is 210 g/mol. The minimum absolute atomic E-state index is 0. The molecule has 0 unspecified atom stereocenters. The van der Waals surface area contributed by atoms with Crippen LogP contribution in [-0.2, 0) is 25.9 Å². The van der Waals surface area contributed by atoms with Crippen molar-refractivity contribution in [3.63, 3.8) is 0 Å². The molecule has 0 amide bonds. The van der Waals surface area contributed by atoms with E-state index in [1.54, 1.807) is 13.3 Å². The van der Waals surface area contributed by atoms with E-state index in [9.17, 15) is 4.79 Å². The number of guanidine groups is 1. The molecular formula is C4H8MoN3O-. The third-order valence-corrected chi connectivity index (χ3v) is 0.713. The van der Waals surface area contributed by atoms with E-state index in [4.69, 9.17) is 11.1 Å². The minimum atomic E-state index is -0.117. The van der Waals surface area contributed by atoms with E-state index in [-0.39, 0.29) is 33.6 Å². The van der Waals surface area contributed by atoms with Crippen LogP contribution >= 0.6 is 0 Å². The van der Waals surface area contributed by atoms with Crippen molar-refractivity contribution < 1.29 is 25.9 Å².